The zero-order chi connectivity index (χ0) is 21.9. The first-order chi connectivity index (χ1) is 14.6. The maximum atomic E-state index is 10.9. The zero-order valence-corrected chi connectivity index (χ0v) is 23.0. The standard InChI is InChI=1S/C25H46N2O3.Na.H2O.H2/c1-2-3-4-5-6-7-8-9-10-11-12-13-14-15-16-17-24-26-19-21-27(24,22-23-28)20-18-25(29)30;;;/h16-17,28H,2-15,18-23H2,1H3;;1H2;1H. The summed E-state index contributed by atoms with van der Waals surface area (Å²) in [6.45, 7) is 4.75. The molecule has 1 heterocycles. The minimum Gasteiger partial charge on any atom is -0.550 e. The number of aliphatic imine (C=N–C) groups is 1. The Labute approximate surface area is 220 Å². The number of nitrogens with zero attached hydrogens (tertiary/aromatic N) is 2. The molecule has 0 aromatic rings. The summed E-state index contributed by atoms with van der Waals surface area (Å²) >= 11 is 0. The number of hydrogen-bond donors (Lipinski definition) is 1. The van der Waals surface area contributed by atoms with Crippen molar-refractivity contribution in [1.29, 1.82) is 0 Å². The van der Waals surface area contributed by atoms with Crippen molar-refractivity contribution < 1.29 is 26.4 Å². The minimum absolute atomic E-state index is 0. The van der Waals surface area contributed by atoms with Crippen molar-refractivity contribution in [3.63, 3.8) is 0 Å². The molecule has 1 radical (unpaired) electrons. The molecular weight excluding hydrogens is 415 g/mol. The smallest absolute Gasteiger partial charge is 0.222 e. The van der Waals surface area contributed by atoms with E-state index in [0.717, 1.165) is 18.8 Å². The van der Waals surface area contributed by atoms with Crippen LogP contribution in [0.4, 0.5) is 0 Å². The molecule has 0 amide bonds. The number of carbonyl (C=O) groups excluding carboxylic acids is 1. The van der Waals surface area contributed by atoms with Gasteiger partial charge >= 0.3 is 0 Å². The predicted molar refractivity (Wildman–Crippen MR) is 135 cm³/mol. The number of carbonyl (C=O) groups is 1. The van der Waals surface area contributed by atoms with Crippen molar-refractivity contribution in [2.45, 2.75) is 103 Å². The van der Waals surface area contributed by atoms with E-state index >= 15 is 0 Å². The van der Waals surface area contributed by atoms with E-state index in [1.807, 2.05) is 0 Å². The van der Waals surface area contributed by atoms with Crippen molar-refractivity contribution in [2.75, 3.05) is 32.8 Å². The number of aliphatic carboxylic acids is 1. The normalized spacial score (nSPS) is 17.8. The summed E-state index contributed by atoms with van der Waals surface area (Å²) in [5.74, 6) is -0.118. The number of allylic oxidation sites excluding steroid dienone is 1. The van der Waals surface area contributed by atoms with Crippen molar-refractivity contribution >= 4 is 41.4 Å². The average Bonchev–Trinajstić information content (AvgIpc) is 3.12. The van der Waals surface area contributed by atoms with Crippen LogP contribution in [0.5, 0.6) is 0 Å². The summed E-state index contributed by atoms with van der Waals surface area (Å²) in [6, 6.07) is 0. The molecule has 3 N–H and O–H groups in total. The third kappa shape index (κ3) is 15.6. The first-order valence-corrected chi connectivity index (χ1v) is 12.5. The van der Waals surface area contributed by atoms with Crippen LogP contribution < -0.4 is 5.11 Å². The molecule has 0 fully saturated rings. The average molecular weight is 466 g/mol. The van der Waals surface area contributed by atoms with E-state index in [2.05, 4.69) is 24.1 Å². The molecule has 0 bridgehead atoms. The Hall–Kier alpha value is -0.240. The van der Waals surface area contributed by atoms with Gasteiger partial charge in [-0.25, -0.2) is 4.99 Å². The van der Waals surface area contributed by atoms with Crippen LogP contribution in [0.1, 0.15) is 105 Å². The summed E-state index contributed by atoms with van der Waals surface area (Å²) in [6.07, 6.45) is 23.0. The topological polar surface area (TPSA) is 104 Å². The largest absolute Gasteiger partial charge is 0.550 e. The van der Waals surface area contributed by atoms with Crippen molar-refractivity contribution in [2.24, 2.45) is 4.99 Å². The number of hydrogen-bond acceptors (Lipinski definition) is 4. The molecular formula is C25H50N2NaO4. The first kappa shape index (κ1) is 33.9. The fourth-order valence-electron chi connectivity index (χ4n) is 4.36. The van der Waals surface area contributed by atoms with Crippen LogP contribution in [-0.4, -0.2) is 89.2 Å². The van der Waals surface area contributed by atoms with E-state index in [1.165, 1.54) is 83.5 Å². The Morgan fingerprint density at radius 3 is 2.03 bits per heavy atom. The van der Waals surface area contributed by atoms with Crippen LogP contribution >= 0.6 is 0 Å². The predicted octanol–water partition coefficient (Wildman–Crippen LogP) is 3.43. The van der Waals surface area contributed by atoms with Gasteiger partial charge in [0.1, 0.15) is 13.1 Å². The molecule has 32 heavy (non-hydrogen) atoms. The number of carboxylic acid groups (broad SMARTS) is 1. The van der Waals surface area contributed by atoms with E-state index in [1.54, 1.807) is 0 Å². The van der Waals surface area contributed by atoms with Crippen molar-refractivity contribution in [3.05, 3.63) is 12.2 Å². The van der Waals surface area contributed by atoms with Gasteiger partial charge in [-0.05, 0) is 12.8 Å². The van der Waals surface area contributed by atoms with Gasteiger partial charge < -0.3 is 20.5 Å². The maximum absolute atomic E-state index is 10.9. The fraction of sp³-hybridized carbons (Fsp3) is 0.840. The minimum atomic E-state index is -1.03. The van der Waals surface area contributed by atoms with Crippen molar-refractivity contribution in [3.8, 4) is 0 Å². The number of aliphatic hydroxyl groups is 1. The van der Waals surface area contributed by atoms with E-state index in [-0.39, 0.29) is 49.5 Å². The van der Waals surface area contributed by atoms with Gasteiger partial charge in [-0.15, -0.1) is 0 Å². The van der Waals surface area contributed by atoms with Crippen molar-refractivity contribution in [1.82, 2.24) is 0 Å². The summed E-state index contributed by atoms with van der Waals surface area (Å²) in [7, 11) is 0. The number of rotatable bonds is 20. The second-order valence-electron chi connectivity index (χ2n) is 8.84. The van der Waals surface area contributed by atoms with Gasteiger partial charge in [0, 0.05) is 49.5 Å². The quantitative estimate of drug-likeness (QED) is 0.169. The molecule has 0 aliphatic carbocycles. The molecule has 1 atom stereocenters. The van der Waals surface area contributed by atoms with E-state index < -0.39 is 5.97 Å². The van der Waals surface area contributed by atoms with Gasteiger partial charge in [0.05, 0.1) is 19.7 Å². The van der Waals surface area contributed by atoms with E-state index in [4.69, 9.17) is 0 Å². The van der Waals surface area contributed by atoms with Crippen LogP contribution in [0.3, 0.4) is 0 Å². The second-order valence-corrected chi connectivity index (χ2v) is 8.84. The molecule has 0 aromatic carbocycles. The molecule has 1 rings (SSSR count). The number of unbranched alkanes of at least 4 members (excludes halogenated alkanes) is 13. The Balaban J connectivity index is -0.00000300. The van der Waals surface area contributed by atoms with Crippen LogP contribution in [0, 0.1) is 0 Å². The van der Waals surface area contributed by atoms with Gasteiger partial charge in [0.2, 0.25) is 5.84 Å². The zero-order valence-electron chi connectivity index (χ0n) is 21.0. The third-order valence-corrected chi connectivity index (χ3v) is 6.30. The number of amidine groups is 1. The molecule has 0 saturated heterocycles. The van der Waals surface area contributed by atoms with Crippen LogP contribution in [-0.2, 0) is 4.79 Å². The van der Waals surface area contributed by atoms with Gasteiger partial charge in [0.15, 0.2) is 0 Å². The van der Waals surface area contributed by atoms with Gasteiger partial charge in [-0.1, -0.05) is 90.0 Å². The van der Waals surface area contributed by atoms with Gasteiger partial charge in [0.25, 0.3) is 0 Å². The molecule has 0 saturated carbocycles. The molecule has 185 valence electrons. The molecule has 7 heteroatoms. The van der Waals surface area contributed by atoms with Gasteiger partial charge in [-0.3, -0.25) is 4.48 Å². The summed E-state index contributed by atoms with van der Waals surface area (Å²) in [5, 5.41) is 20.3. The molecule has 6 nitrogen and oxygen atoms in total. The number of quaternary nitrogens is 1. The molecule has 1 unspecified atom stereocenters. The summed E-state index contributed by atoms with van der Waals surface area (Å²) in [5.41, 5.74) is 0. The monoisotopic (exact) mass is 465 g/mol. The van der Waals surface area contributed by atoms with E-state index in [9.17, 15) is 15.0 Å². The third-order valence-electron chi connectivity index (χ3n) is 6.30. The fourth-order valence-corrected chi connectivity index (χ4v) is 4.36. The Bertz CT molecular complexity index is 521. The first-order valence-electron chi connectivity index (χ1n) is 12.5. The molecule has 0 aromatic heterocycles. The maximum Gasteiger partial charge on any atom is 0.222 e. The summed E-state index contributed by atoms with van der Waals surface area (Å²) < 4.78 is 0.472. The number of aliphatic hydroxyl groups excluding tert-OH is 1. The summed E-state index contributed by atoms with van der Waals surface area (Å²) in [4.78, 5) is 15.4. The SMILES string of the molecule is CCCCCCCCCCCCCCCC=CC1=NCC[N+]1(CCO)CCC(=O)[O-].O.[HH].[Na]. The number of carboxylic acids is 1. The Morgan fingerprint density at radius 1 is 1.00 bits per heavy atom. The molecule has 0 spiro atoms. The molecule has 1 aliphatic rings. The van der Waals surface area contributed by atoms with Gasteiger partial charge in [-0.2, -0.15) is 0 Å². The van der Waals surface area contributed by atoms with Crippen LogP contribution in [0.25, 0.3) is 0 Å². The van der Waals surface area contributed by atoms with E-state index in [0.29, 0.717) is 24.1 Å². The van der Waals surface area contributed by atoms with Crippen LogP contribution in [0.15, 0.2) is 17.1 Å². The second kappa shape index (κ2) is 22.5. The Kier molecular flexibility index (Phi) is 23.9. The Morgan fingerprint density at radius 2 is 1.53 bits per heavy atom. The van der Waals surface area contributed by atoms with Crippen LogP contribution in [0.2, 0.25) is 0 Å². The molecule has 1 aliphatic heterocycles.